The van der Waals surface area contributed by atoms with Gasteiger partial charge in [0.25, 0.3) is 0 Å². The first kappa shape index (κ1) is 16.5. The number of fused-ring (bicyclic) bond motifs is 1. The van der Waals surface area contributed by atoms with E-state index in [0.717, 1.165) is 16.7 Å². The van der Waals surface area contributed by atoms with Crippen LogP contribution < -0.4 is 5.32 Å². The third kappa shape index (κ3) is 2.17. The van der Waals surface area contributed by atoms with Crippen molar-refractivity contribution in [2.45, 2.75) is 56.1 Å². The molecule has 2 bridgehead atoms. The largest absolute Gasteiger partial charge is 0.508 e. The highest BCUT2D eigenvalue weighted by atomic mass is 16.4. The third-order valence-corrected chi connectivity index (χ3v) is 6.64. The molecule has 1 aliphatic heterocycles. The van der Waals surface area contributed by atoms with E-state index in [0.29, 0.717) is 19.4 Å². The van der Waals surface area contributed by atoms with E-state index in [4.69, 9.17) is 5.11 Å². The molecule has 0 unspecified atom stereocenters. The van der Waals surface area contributed by atoms with Gasteiger partial charge in [0.2, 0.25) is 0 Å². The van der Waals surface area contributed by atoms with Crippen LogP contribution in [0.15, 0.2) is 12.1 Å². The molecule has 1 saturated heterocycles. The number of aliphatic carboxylic acids is 1. The number of carbonyl (C=O) groups is 2. The molecule has 0 radical (unpaired) electrons. The first-order valence-corrected chi connectivity index (χ1v) is 8.80. The van der Waals surface area contributed by atoms with Gasteiger partial charge in [-0.15, -0.1) is 0 Å². The van der Waals surface area contributed by atoms with Crippen molar-refractivity contribution in [3.05, 3.63) is 28.8 Å². The maximum absolute atomic E-state index is 12.7. The highest BCUT2D eigenvalue weighted by molar-refractivity contribution is 5.88. The summed E-state index contributed by atoms with van der Waals surface area (Å²) in [5.41, 5.74) is 1.00. The number of carboxylic acids is 1. The molecule has 1 saturated carbocycles. The molecule has 6 nitrogen and oxygen atoms in total. The fourth-order valence-electron chi connectivity index (χ4n) is 5.49. The maximum atomic E-state index is 12.7. The van der Waals surface area contributed by atoms with Gasteiger partial charge in [-0.3, -0.25) is 9.59 Å². The fourth-order valence-corrected chi connectivity index (χ4v) is 5.49. The number of phenolic OH excluding ortho intramolecular Hbond substituents is 1. The summed E-state index contributed by atoms with van der Waals surface area (Å²) in [6.07, 6.45) is 1.27. The van der Waals surface area contributed by atoms with Gasteiger partial charge in [0.15, 0.2) is 0 Å². The zero-order chi connectivity index (χ0) is 18.0. The monoisotopic (exact) mass is 345 g/mol. The number of hydrogen-bond acceptors (Lipinski definition) is 5. The number of carbonyl (C=O) groups excluding carboxylic acids is 1. The molecule has 25 heavy (non-hydrogen) atoms. The summed E-state index contributed by atoms with van der Waals surface area (Å²) in [5.74, 6) is -1.62. The van der Waals surface area contributed by atoms with Crippen LogP contribution >= 0.6 is 0 Å². The lowest BCUT2D eigenvalue weighted by Crippen LogP contribution is -2.73. The Morgan fingerprint density at radius 3 is 2.88 bits per heavy atom. The fraction of sp³-hybridized carbons (Fsp3) is 0.579. The van der Waals surface area contributed by atoms with Crippen molar-refractivity contribution in [1.82, 2.24) is 5.32 Å². The van der Waals surface area contributed by atoms with E-state index in [1.165, 1.54) is 0 Å². The molecule has 4 atom stereocenters. The van der Waals surface area contributed by atoms with Crippen LogP contribution in [0.1, 0.15) is 42.4 Å². The van der Waals surface area contributed by atoms with Crippen molar-refractivity contribution in [3.8, 4) is 5.75 Å². The van der Waals surface area contributed by atoms with Crippen LogP contribution in [0.4, 0.5) is 0 Å². The van der Waals surface area contributed by atoms with Crippen molar-refractivity contribution in [2.24, 2.45) is 5.92 Å². The zero-order valence-electron chi connectivity index (χ0n) is 14.2. The van der Waals surface area contributed by atoms with E-state index in [2.05, 4.69) is 5.32 Å². The molecular weight excluding hydrogens is 322 g/mol. The van der Waals surface area contributed by atoms with Gasteiger partial charge < -0.3 is 20.6 Å². The molecule has 3 aliphatic rings. The molecule has 1 aromatic rings. The Balaban J connectivity index is 1.88. The number of nitrogens with one attached hydrogen (secondary N) is 1. The first-order chi connectivity index (χ1) is 11.8. The second-order valence-corrected chi connectivity index (χ2v) is 7.90. The smallest absolute Gasteiger partial charge is 0.304 e. The summed E-state index contributed by atoms with van der Waals surface area (Å²) in [5, 5.41) is 34.3. The van der Waals surface area contributed by atoms with Crippen LogP contribution in [0.25, 0.3) is 0 Å². The number of carboxylic acid groups (broad SMARTS) is 1. The molecule has 6 heteroatoms. The van der Waals surface area contributed by atoms with Crippen molar-refractivity contribution in [3.63, 3.8) is 0 Å². The topological polar surface area (TPSA) is 107 Å². The summed E-state index contributed by atoms with van der Waals surface area (Å²) in [6, 6.07) is 3.20. The van der Waals surface area contributed by atoms with Crippen LogP contribution in [-0.2, 0) is 21.4 Å². The molecule has 2 aliphatic carbocycles. The van der Waals surface area contributed by atoms with Gasteiger partial charge in [-0.05, 0) is 61.6 Å². The lowest BCUT2D eigenvalue weighted by atomic mass is 9.48. The van der Waals surface area contributed by atoms with Gasteiger partial charge in [0.1, 0.15) is 11.5 Å². The van der Waals surface area contributed by atoms with E-state index < -0.39 is 22.9 Å². The minimum absolute atomic E-state index is 0.0958. The van der Waals surface area contributed by atoms with Gasteiger partial charge in [-0.1, -0.05) is 0 Å². The first-order valence-electron chi connectivity index (χ1n) is 8.80. The number of aliphatic hydroxyl groups is 1. The van der Waals surface area contributed by atoms with E-state index >= 15 is 0 Å². The van der Waals surface area contributed by atoms with Gasteiger partial charge in [0, 0.05) is 23.8 Å². The number of aryl methyl sites for hydroxylation is 1. The van der Waals surface area contributed by atoms with Crippen molar-refractivity contribution >= 4 is 11.8 Å². The van der Waals surface area contributed by atoms with Crippen molar-refractivity contribution in [2.75, 3.05) is 6.54 Å². The second-order valence-electron chi connectivity index (χ2n) is 7.90. The van der Waals surface area contributed by atoms with E-state index in [9.17, 15) is 19.8 Å². The number of Topliss-reactive ketones (excluding diaryl/α,β-unsaturated/α-hetero) is 1. The summed E-state index contributed by atoms with van der Waals surface area (Å²) >= 11 is 0. The Kier molecular flexibility index (Phi) is 3.50. The zero-order valence-corrected chi connectivity index (χ0v) is 14.2. The molecule has 1 heterocycles. The second kappa shape index (κ2) is 5.29. The van der Waals surface area contributed by atoms with Gasteiger partial charge in [0.05, 0.1) is 12.0 Å². The SMILES string of the molecule is Cc1cc(O)cc2c1C[C@H]1NCC[C@@]23CC(=O)[C@@H](CC(=O)O)C[C@@]13O. The number of aromatic hydroxyl groups is 1. The maximum Gasteiger partial charge on any atom is 0.304 e. The Hall–Kier alpha value is -1.92. The van der Waals surface area contributed by atoms with Crippen molar-refractivity contribution in [1.29, 1.82) is 0 Å². The van der Waals surface area contributed by atoms with Crippen LogP contribution in [0.3, 0.4) is 0 Å². The Bertz CT molecular complexity index is 775. The summed E-state index contributed by atoms with van der Waals surface area (Å²) in [7, 11) is 0. The van der Waals surface area contributed by atoms with Crippen LogP contribution in [-0.4, -0.2) is 45.3 Å². The van der Waals surface area contributed by atoms with E-state index in [1.54, 1.807) is 12.1 Å². The van der Waals surface area contributed by atoms with Crippen LogP contribution in [0.5, 0.6) is 5.75 Å². The average Bonchev–Trinajstić information content (AvgIpc) is 2.49. The molecular formula is C19H23NO5. The van der Waals surface area contributed by atoms with Crippen molar-refractivity contribution < 1.29 is 24.9 Å². The Morgan fingerprint density at radius 2 is 2.16 bits per heavy atom. The van der Waals surface area contributed by atoms with Gasteiger partial charge in [-0.25, -0.2) is 0 Å². The molecule has 0 amide bonds. The molecule has 0 spiro atoms. The quantitative estimate of drug-likeness (QED) is 0.638. The van der Waals surface area contributed by atoms with E-state index in [1.807, 2.05) is 6.92 Å². The Morgan fingerprint density at radius 1 is 1.40 bits per heavy atom. The summed E-state index contributed by atoms with van der Waals surface area (Å²) < 4.78 is 0. The number of piperidine rings is 1. The lowest BCUT2D eigenvalue weighted by molar-refractivity contribution is -0.163. The molecule has 0 aromatic heterocycles. The molecule has 4 N–H and O–H groups in total. The summed E-state index contributed by atoms with van der Waals surface area (Å²) in [4.78, 5) is 23.9. The normalized spacial score (nSPS) is 36.5. The number of benzene rings is 1. The number of rotatable bonds is 2. The predicted octanol–water partition coefficient (Wildman–Crippen LogP) is 1.04. The van der Waals surface area contributed by atoms with Gasteiger partial charge >= 0.3 is 5.97 Å². The molecule has 4 rings (SSSR count). The number of hydrogen-bond donors (Lipinski definition) is 4. The minimum Gasteiger partial charge on any atom is -0.508 e. The molecule has 2 fully saturated rings. The minimum atomic E-state index is -1.17. The number of ketones is 1. The molecule has 134 valence electrons. The third-order valence-electron chi connectivity index (χ3n) is 6.64. The number of phenols is 1. The highest BCUT2D eigenvalue weighted by Gasteiger charge is 2.65. The van der Waals surface area contributed by atoms with Crippen LogP contribution in [0.2, 0.25) is 0 Å². The molecule has 1 aromatic carbocycles. The summed E-state index contributed by atoms with van der Waals surface area (Å²) in [6.45, 7) is 2.63. The van der Waals surface area contributed by atoms with Crippen LogP contribution in [0, 0.1) is 12.8 Å². The lowest BCUT2D eigenvalue weighted by Gasteiger charge is -2.61. The standard InChI is InChI=1S/C19H23NO5/c1-10-4-12(21)6-14-13(10)7-16-19(25)8-11(5-17(23)24)15(22)9-18(14,19)2-3-20-16/h4,6,11,16,20-21,25H,2-3,5,7-9H2,1H3,(H,23,24)/t11-,16+,18+,19+/m0/s1. The Labute approximate surface area is 145 Å². The highest BCUT2D eigenvalue weighted by Crippen LogP contribution is 2.57. The van der Waals surface area contributed by atoms with Gasteiger partial charge in [-0.2, -0.15) is 0 Å². The van der Waals surface area contributed by atoms with E-state index in [-0.39, 0.29) is 36.8 Å². The average molecular weight is 345 g/mol. The predicted molar refractivity (Wildman–Crippen MR) is 89.6 cm³/mol.